The van der Waals surface area contributed by atoms with Crippen LogP contribution in [-0.2, 0) is 4.79 Å². The van der Waals surface area contributed by atoms with Crippen LogP contribution in [0.25, 0.3) is 0 Å². The molecule has 1 saturated heterocycles. The van der Waals surface area contributed by atoms with Gasteiger partial charge in [-0.15, -0.1) is 0 Å². The molecule has 2 aliphatic heterocycles. The molecule has 0 aromatic heterocycles. The first-order valence-electron chi connectivity index (χ1n) is 8.98. The molecule has 130 valence electrons. The number of carbonyl (C=O) groups excluding carboxylic acids is 2. The number of nitrogens with one attached hydrogen (secondary N) is 1. The van der Waals surface area contributed by atoms with E-state index in [1.54, 1.807) is 0 Å². The highest BCUT2D eigenvalue weighted by atomic mass is 16.2. The molecule has 1 N–H and O–H groups in total. The normalized spacial score (nSPS) is 20.0. The molecular weight excluding hydrogens is 314 g/mol. The Morgan fingerprint density at radius 3 is 2.84 bits per heavy atom. The Morgan fingerprint density at radius 2 is 2.12 bits per heavy atom. The van der Waals surface area contributed by atoms with Crippen LogP contribution in [0.3, 0.4) is 0 Å². The summed E-state index contributed by atoms with van der Waals surface area (Å²) in [5.74, 6) is 0.200. The maximum Gasteiger partial charge on any atom is 0.251 e. The molecule has 3 aliphatic rings. The summed E-state index contributed by atoms with van der Waals surface area (Å²) in [5, 5.41) is 3.04. The fourth-order valence-corrected chi connectivity index (χ4v) is 3.39. The highest BCUT2D eigenvalue weighted by Crippen LogP contribution is 2.28. The molecule has 2 amide bonds. The third-order valence-electron chi connectivity index (χ3n) is 5.00. The van der Waals surface area contributed by atoms with Gasteiger partial charge in [0.05, 0.1) is 6.54 Å². The minimum atomic E-state index is -0.00442. The van der Waals surface area contributed by atoms with Gasteiger partial charge in [0.2, 0.25) is 5.91 Å². The predicted octanol–water partition coefficient (Wildman–Crippen LogP) is 2.73. The van der Waals surface area contributed by atoms with Gasteiger partial charge >= 0.3 is 0 Å². The van der Waals surface area contributed by atoms with Gasteiger partial charge in [0.1, 0.15) is 0 Å². The number of allylic oxidation sites excluding steroid dienone is 2. The largest absolute Gasteiger partial charge is 0.349 e. The van der Waals surface area contributed by atoms with Crippen LogP contribution in [0, 0.1) is 6.92 Å². The molecule has 5 nitrogen and oxygen atoms in total. The number of amides is 2. The molecule has 0 unspecified atom stereocenters. The van der Waals surface area contributed by atoms with Crippen LogP contribution in [0.15, 0.2) is 42.2 Å². The standard InChI is InChI=1S/C20H23N3O2/c1-14-6-7-15(20(25)21-16-8-9-16)12-18(14)22-10-2-4-17(13-22)23-11-3-5-19(23)24/h2,4,6-7,10,12,16H,3,5,8-9,11,13H2,1H3,(H,21,25). The van der Waals surface area contributed by atoms with Crippen molar-refractivity contribution in [2.45, 2.75) is 38.6 Å². The molecular formula is C20H23N3O2. The molecule has 0 atom stereocenters. The summed E-state index contributed by atoms with van der Waals surface area (Å²) in [6.45, 7) is 3.50. The predicted molar refractivity (Wildman–Crippen MR) is 97.2 cm³/mol. The van der Waals surface area contributed by atoms with E-state index in [1.165, 1.54) is 0 Å². The molecule has 0 bridgehead atoms. The van der Waals surface area contributed by atoms with E-state index in [1.807, 2.05) is 48.4 Å². The third-order valence-corrected chi connectivity index (χ3v) is 5.00. The average molecular weight is 337 g/mol. The first-order chi connectivity index (χ1) is 12.1. The van der Waals surface area contributed by atoms with Crippen molar-refractivity contribution in [3.05, 3.63) is 53.4 Å². The van der Waals surface area contributed by atoms with E-state index >= 15 is 0 Å². The maximum absolute atomic E-state index is 12.3. The summed E-state index contributed by atoms with van der Waals surface area (Å²) >= 11 is 0. The zero-order valence-corrected chi connectivity index (χ0v) is 14.5. The van der Waals surface area contributed by atoms with Gasteiger partial charge in [-0.3, -0.25) is 9.59 Å². The van der Waals surface area contributed by atoms with Crippen molar-refractivity contribution in [3.8, 4) is 0 Å². The van der Waals surface area contributed by atoms with Gasteiger partial charge in [0.25, 0.3) is 5.91 Å². The molecule has 1 aromatic rings. The van der Waals surface area contributed by atoms with Crippen LogP contribution in [0.2, 0.25) is 0 Å². The van der Waals surface area contributed by atoms with Crippen LogP contribution >= 0.6 is 0 Å². The second-order valence-corrected chi connectivity index (χ2v) is 7.03. The Hall–Kier alpha value is -2.56. The van der Waals surface area contributed by atoms with Gasteiger partial charge in [0, 0.05) is 42.2 Å². The highest BCUT2D eigenvalue weighted by Gasteiger charge is 2.27. The molecule has 1 saturated carbocycles. The monoisotopic (exact) mass is 337 g/mol. The summed E-state index contributed by atoms with van der Waals surface area (Å²) < 4.78 is 0. The summed E-state index contributed by atoms with van der Waals surface area (Å²) in [4.78, 5) is 28.4. The molecule has 0 spiro atoms. The Balaban J connectivity index is 1.54. The zero-order chi connectivity index (χ0) is 17.4. The number of anilines is 1. The third kappa shape index (κ3) is 3.31. The van der Waals surface area contributed by atoms with Gasteiger partial charge in [-0.1, -0.05) is 6.07 Å². The molecule has 1 aliphatic carbocycles. The van der Waals surface area contributed by atoms with Gasteiger partial charge in [-0.2, -0.15) is 0 Å². The molecule has 2 fully saturated rings. The SMILES string of the molecule is Cc1ccc(C(=O)NC2CC2)cc1N1C=CC=C(N2CCCC2=O)C1. The fraction of sp³-hybridized carbons (Fsp3) is 0.400. The van der Waals surface area contributed by atoms with Crippen molar-refractivity contribution in [1.29, 1.82) is 0 Å². The molecule has 1 aromatic carbocycles. The lowest BCUT2D eigenvalue weighted by molar-refractivity contribution is -0.126. The highest BCUT2D eigenvalue weighted by molar-refractivity contribution is 5.95. The van der Waals surface area contributed by atoms with Crippen molar-refractivity contribution in [3.63, 3.8) is 0 Å². The van der Waals surface area contributed by atoms with E-state index in [0.29, 0.717) is 24.6 Å². The van der Waals surface area contributed by atoms with Gasteiger partial charge in [-0.25, -0.2) is 0 Å². The van der Waals surface area contributed by atoms with Gasteiger partial charge < -0.3 is 15.1 Å². The summed E-state index contributed by atoms with van der Waals surface area (Å²) in [6.07, 6.45) is 9.72. The maximum atomic E-state index is 12.3. The van der Waals surface area contributed by atoms with Crippen LogP contribution in [0.1, 0.15) is 41.6 Å². The number of carbonyl (C=O) groups is 2. The van der Waals surface area contributed by atoms with Gasteiger partial charge in [0.15, 0.2) is 0 Å². The van der Waals surface area contributed by atoms with Crippen molar-refractivity contribution in [2.75, 3.05) is 18.0 Å². The smallest absolute Gasteiger partial charge is 0.251 e. The van der Waals surface area contributed by atoms with Crippen molar-refractivity contribution >= 4 is 17.5 Å². The minimum Gasteiger partial charge on any atom is -0.349 e. The molecule has 4 rings (SSSR count). The first-order valence-corrected chi connectivity index (χ1v) is 8.98. The van der Waals surface area contributed by atoms with E-state index in [0.717, 1.165) is 42.8 Å². The first kappa shape index (κ1) is 15.9. The van der Waals surface area contributed by atoms with Crippen molar-refractivity contribution < 1.29 is 9.59 Å². The second kappa shape index (κ2) is 6.39. The van der Waals surface area contributed by atoms with Crippen LogP contribution < -0.4 is 10.2 Å². The summed E-state index contributed by atoms with van der Waals surface area (Å²) in [5.41, 5.74) is 3.84. The lowest BCUT2D eigenvalue weighted by Crippen LogP contribution is -2.33. The molecule has 2 heterocycles. The minimum absolute atomic E-state index is 0.00442. The van der Waals surface area contributed by atoms with Crippen molar-refractivity contribution in [2.24, 2.45) is 0 Å². The second-order valence-electron chi connectivity index (χ2n) is 7.03. The molecule has 0 radical (unpaired) electrons. The van der Waals surface area contributed by atoms with Crippen LogP contribution in [0.4, 0.5) is 5.69 Å². The van der Waals surface area contributed by atoms with E-state index in [-0.39, 0.29) is 11.8 Å². The Kier molecular flexibility index (Phi) is 4.07. The number of hydrogen-bond donors (Lipinski definition) is 1. The van der Waals surface area contributed by atoms with E-state index in [4.69, 9.17) is 0 Å². The average Bonchev–Trinajstić information content (AvgIpc) is 3.33. The Morgan fingerprint density at radius 1 is 1.28 bits per heavy atom. The number of likely N-dealkylation sites (tertiary alicyclic amines) is 1. The Bertz CT molecular complexity index is 777. The number of nitrogens with zero attached hydrogens (tertiary/aromatic N) is 2. The lowest BCUT2D eigenvalue weighted by Gasteiger charge is -2.30. The number of benzene rings is 1. The van der Waals surface area contributed by atoms with Gasteiger partial charge in [-0.05, 0) is 56.0 Å². The van der Waals surface area contributed by atoms with E-state index in [9.17, 15) is 9.59 Å². The van der Waals surface area contributed by atoms with Crippen LogP contribution in [-0.4, -0.2) is 35.8 Å². The van der Waals surface area contributed by atoms with Crippen LogP contribution in [0.5, 0.6) is 0 Å². The lowest BCUT2D eigenvalue weighted by atomic mass is 10.1. The zero-order valence-electron chi connectivity index (χ0n) is 14.5. The number of hydrogen-bond acceptors (Lipinski definition) is 3. The summed E-state index contributed by atoms with van der Waals surface area (Å²) in [7, 11) is 0. The van der Waals surface area contributed by atoms with Crippen molar-refractivity contribution in [1.82, 2.24) is 10.2 Å². The quantitative estimate of drug-likeness (QED) is 0.919. The van der Waals surface area contributed by atoms with E-state index in [2.05, 4.69) is 10.2 Å². The molecule has 5 heteroatoms. The molecule has 25 heavy (non-hydrogen) atoms. The number of aryl methyl sites for hydroxylation is 1. The number of rotatable bonds is 4. The fourth-order valence-electron chi connectivity index (χ4n) is 3.39. The summed E-state index contributed by atoms with van der Waals surface area (Å²) in [6, 6.07) is 6.17. The Labute approximate surface area is 148 Å². The van der Waals surface area contributed by atoms with E-state index < -0.39 is 0 Å². The topological polar surface area (TPSA) is 52.7 Å².